The second-order valence-electron chi connectivity index (χ2n) is 4.79. The van der Waals surface area contributed by atoms with Gasteiger partial charge in [0.15, 0.2) is 0 Å². The highest BCUT2D eigenvalue weighted by Gasteiger charge is 2.25. The number of carbonyl (C=O) groups excluding carboxylic acids is 1. The summed E-state index contributed by atoms with van der Waals surface area (Å²) in [7, 11) is 1.82. The molecule has 3 rings (SSSR count). The number of carbonyl (C=O) groups is 1. The molecule has 1 aliphatic rings. The van der Waals surface area contributed by atoms with Gasteiger partial charge in [0.25, 0.3) is 0 Å². The number of aromatic nitrogens is 2. The van der Waals surface area contributed by atoms with Crippen LogP contribution in [0.3, 0.4) is 0 Å². The van der Waals surface area contributed by atoms with Gasteiger partial charge in [-0.2, -0.15) is 5.10 Å². The quantitative estimate of drug-likeness (QED) is 0.842. The van der Waals surface area contributed by atoms with Gasteiger partial charge in [0.2, 0.25) is 5.91 Å². The number of hydrogen-bond donors (Lipinski definition) is 1. The van der Waals surface area contributed by atoms with Gasteiger partial charge in [-0.25, -0.2) is 0 Å². The van der Waals surface area contributed by atoms with Crippen molar-refractivity contribution in [3.8, 4) is 11.1 Å². The molecule has 98 valence electrons. The summed E-state index contributed by atoms with van der Waals surface area (Å²) >= 11 is 0. The highest BCUT2D eigenvalue weighted by Crippen LogP contribution is 2.37. The Morgan fingerprint density at radius 3 is 2.79 bits per heavy atom. The van der Waals surface area contributed by atoms with Crippen molar-refractivity contribution in [2.75, 3.05) is 17.2 Å². The molecule has 0 aliphatic carbocycles. The van der Waals surface area contributed by atoms with Gasteiger partial charge in [-0.3, -0.25) is 9.48 Å². The molecule has 0 saturated carbocycles. The Balaban J connectivity index is 2.16. The summed E-state index contributed by atoms with van der Waals surface area (Å²) in [6, 6.07) is 5.98. The number of anilines is 2. The standard InChI is InChI=1S/C14H16N4O/c1-9(19)18-7-6-11-10(4-3-5-13(11)18)12-8-16-17(2)14(12)15/h3-5,8H,6-7,15H2,1-2H3. The Bertz CT molecular complexity index is 659. The first-order valence-corrected chi connectivity index (χ1v) is 6.27. The second kappa shape index (κ2) is 4.12. The van der Waals surface area contributed by atoms with Crippen LogP contribution in [0.1, 0.15) is 12.5 Å². The molecule has 0 radical (unpaired) electrons. The average Bonchev–Trinajstić information content (AvgIpc) is 2.95. The number of nitrogen functional groups attached to an aromatic ring is 1. The molecular formula is C14H16N4O. The van der Waals surface area contributed by atoms with E-state index in [-0.39, 0.29) is 5.91 Å². The molecule has 0 spiro atoms. The summed E-state index contributed by atoms with van der Waals surface area (Å²) in [5.41, 5.74) is 10.2. The monoisotopic (exact) mass is 256 g/mol. The molecule has 2 aromatic rings. The van der Waals surface area contributed by atoms with E-state index < -0.39 is 0 Å². The summed E-state index contributed by atoms with van der Waals surface area (Å²) < 4.78 is 1.66. The zero-order chi connectivity index (χ0) is 13.6. The van der Waals surface area contributed by atoms with Crippen LogP contribution in [0.5, 0.6) is 0 Å². The van der Waals surface area contributed by atoms with Crippen LogP contribution in [-0.4, -0.2) is 22.2 Å². The van der Waals surface area contributed by atoms with Crippen molar-refractivity contribution in [1.29, 1.82) is 0 Å². The number of fused-ring (bicyclic) bond motifs is 1. The summed E-state index contributed by atoms with van der Waals surface area (Å²) in [6.07, 6.45) is 2.64. The van der Waals surface area contributed by atoms with Gasteiger partial charge in [-0.05, 0) is 23.6 Å². The molecule has 2 heterocycles. The van der Waals surface area contributed by atoms with Crippen molar-refractivity contribution < 1.29 is 4.79 Å². The molecule has 1 amide bonds. The molecule has 2 N–H and O–H groups in total. The summed E-state index contributed by atoms with van der Waals surface area (Å²) in [4.78, 5) is 13.4. The van der Waals surface area contributed by atoms with E-state index in [1.165, 1.54) is 5.56 Å². The van der Waals surface area contributed by atoms with Crippen molar-refractivity contribution in [1.82, 2.24) is 9.78 Å². The summed E-state index contributed by atoms with van der Waals surface area (Å²) in [5.74, 6) is 0.727. The Labute approximate surface area is 111 Å². The average molecular weight is 256 g/mol. The lowest BCUT2D eigenvalue weighted by Crippen LogP contribution is -2.25. The van der Waals surface area contributed by atoms with Crippen molar-refractivity contribution in [2.24, 2.45) is 7.05 Å². The Morgan fingerprint density at radius 1 is 1.37 bits per heavy atom. The van der Waals surface area contributed by atoms with E-state index in [9.17, 15) is 4.79 Å². The van der Waals surface area contributed by atoms with Crippen molar-refractivity contribution in [3.63, 3.8) is 0 Å². The highest BCUT2D eigenvalue weighted by molar-refractivity contribution is 5.96. The minimum Gasteiger partial charge on any atom is -0.383 e. The van der Waals surface area contributed by atoms with E-state index in [2.05, 4.69) is 5.10 Å². The molecular weight excluding hydrogens is 240 g/mol. The normalized spacial score (nSPS) is 13.7. The number of amides is 1. The van der Waals surface area contributed by atoms with Gasteiger partial charge in [-0.15, -0.1) is 0 Å². The topological polar surface area (TPSA) is 64.2 Å². The smallest absolute Gasteiger partial charge is 0.223 e. The van der Waals surface area contributed by atoms with Gasteiger partial charge in [0.1, 0.15) is 5.82 Å². The first-order valence-electron chi connectivity index (χ1n) is 6.27. The molecule has 5 nitrogen and oxygen atoms in total. The van der Waals surface area contributed by atoms with Gasteiger partial charge < -0.3 is 10.6 Å². The van der Waals surface area contributed by atoms with E-state index in [0.717, 1.165) is 29.8 Å². The van der Waals surface area contributed by atoms with Crippen molar-refractivity contribution in [3.05, 3.63) is 30.0 Å². The number of aryl methyl sites for hydroxylation is 1. The zero-order valence-electron chi connectivity index (χ0n) is 11.1. The predicted molar refractivity (Wildman–Crippen MR) is 74.8 cm³/mol. The van der Waals surface area contributed by atoms with Gasteiger partial charge >= 0.3 is 0 Å². The van der Waals surface area contributed by atoms with Gasteiger partial charge in [0.05, 0.1) is 6.20 Å². The minimum absolute atomic E-state index is 0.0788. The maximum absolute atomic E-state index is 11.6. The Morgan fingerprint density at radius 2 is 2.16 bits per heavy atom. The van der Waals surface area contributed by atoms with E-state index in [1.54, 1.807) is 17.8 Å². The third-order valence-electron chi connectivity index (χ3n) is 3.68. The van der Waals surface area contributed by atoms with E-state index in [1.807, 2.05) is 30.1 Å². The first kappa shape index (κ1) is 11.8. The minimum atomic E-state index is 0.0788. The third kappa shape index (κ3) is 1.69. The Hall–Kier alpha value is -2.30. The highest BCUT2D eigenvalue weighted by atomic mass is 16.2. The van der Waals surface area contributed by atoms with Crippen LogP contribution in [0.25, 0.3) is 11.1 Å². The number of benzene rings is 1. The fraction of sp³-hybridized carbons (Fsp3) is 0.286. The molecule has 0 bridgehead atoms. The van der Waals surface area contributed by atoms with Crippen LogP contribution >= 0.6 is 0 Å². The van der Waals surface area contributed by atoms with Crippen LogP contribution in [0.2, 0.25) is 0 Å². The Kier molecular flexibility index (Phi) is 2.55. The third-order valence-corrected chi connectivity index (χ3v) is 3.68. The number of nitrogens with two attached hydrogens (primary N) is 1. The maximum Gasteiger partial charge on any atom is 0.223 e. The van der Waals surface area contributed by atoms with Gasteiger partial charge in [-0.1, -0.05) is 12.1 Å². The van der Waals surface area contributed by atoms with Crippen LogP contribution in [-0.2, 0) is 18.3 Å². The lowest BCUT2D eigenvalue weighted by molar-refractivity contribution is -0.116. The van der Waals surface area contributed by atoms with Crippen molar-refractivity contribution >= 4 is 17.4 Å². The molecule has 0 fully saturated rings. The summed E-state index contributed by atoms with van der Waals surface area (Å²) in [6.45, 7) is 2.34. The number of rotatable bonds is 1. The van der Waals surface area contributed by atoms with Crippen LogP contribution in [0, 0.1) is 0 Å². The molecule has 1 aromatic heterocycles. The SMILES string of the molecule is CC(=O)N1CCc2c(-c3cnn(C)c3N)cccc21. The van der Waals surface area contributed by atoms with Crippen LogP contribution in [0.4, 0.5) is 11.5 Å². The molecule has 0 atom stereocenters. The zero-order valence-corrected chi connectivity index (χ0v) is 11.1. The summed E-state index contributed by atoms with van der Waals surface area (Å²) in [5, 5.41) is 4.18. The molecule has 0 saturated heterocycles. The van der Waals surface area contributed by atoms with Crippen LogP contribution in [0.15, 0.2) is 24.4 Å². The predicted octanol–water partition coefficient (Wildman–Crippen LogP) is 1.58. The second-order valence-corrected chi connectivity index (χ2v) is 4.79. The molecule has 1 aromatic carbocycles. The maximum atomic E-state index is 11.6. The van der Waals surface area contributed by atoms with E-state index >= 15 is 0 Å². The van der Waals surface area contributed by atoms with Gasteiger partial charge in [0, 0.05) is 31.8 Å². The first-order chi connectivity index (χ1) is 9.09. The lowest BCUT2D eigenvalue weighted by Gasteiger charge is -2.15. The van der Waals surface area contributed by atoms with E-state index in [4.69, 9.17) is 5.73 Å². The molecule has 19 heavy (non-hydrogen) atoms. The lowest BCUT2D eigenvalue weighted by atomic mass is 10.00. The number of hydrogen-bond acceptors (Lipinski definition) is 3. The molecule has 1 aliphatic heterocycles. The largest absolute Gasteiger partial charge is 0.383 e. The fourth-order valence-electron chi connectivity index (χ4n) is 2.67. The fourth-order valence-corrected chi connectivity index (χ4v) is 2.67. The number of nitrogens with zero attached hydrogens (tertiary/aromatic N) is 3. The van der Waals surface area contributed by atoms with Crippen molar-refractivity contribution in [2.45, 2.75) is 13.3 Å². The van der Waals surface area contributed by atoms with E-state index in [0.29, 0.717) is 5.82 Å². The van der Waals surface area contributed by atoms with Crippen LogP contribution < -0.4 is 10.6 Å². The molecule has 5 heteroatoms. The molecule has 0 unspecified atom stereocenters.